The molecule has 0 saturated heterocycles. The zero-order chi connectivity index (χ0) is 22.2. The molecule has 0 radical (unpaired) electrons. The lowest BCUT2D eigenvalue weighted by Crippen LogP contribution is -2.23. The van der Waals surface area contributed by atoms with Gasteiger partial charge in [-0.1, -0.05) is 11.6 Å². The van der Waals surface area contributed by atoms with Crippen molar-refractivity contribution in [2.24, 2.45) is 5.10 Å². The van der Waals surface area contributed by atoms with Crippen molar-refractivity contribution in [3.8, 4) is 11.5 Å². The van der Waals surface area contributed by atoms with Gasteiger partial charge in [0.05, 0.1) is 18.9 Å². The van der Waals surface area contributed by atoms with Gasteiger partial charge in [0.25, 0.3) is 0 Å². The molecule has 3 aromatic carbocycles. The predicted octanol–water partition coefficient (Wildman–Crippen LogP) is 5.03. The number of carbonyl (C=O) groups excluding carboxylic acids is 1. The standard InChI is InChI=1S/C22H17ClFN3O3S/c1-29-20-12-14(13-25-27-22(31)26-18-9-7-17(24)8-10-18)2-11-19(20)30-21(28)15-3-5-16(23)6-4-15/h2-13H,1H3,(H2,26,27,31)/b25-13-. The number of halogens is 2. The molecule has 0 heterocycles. The van der Waals surface area contributed by atoms with Crippen LogP contribution in [0.5, 0.6) is 11.5 Å². The van der Waals surface area contributed by atoms with Gasteiger partial charge in [-0.15, -0.1) is 0 Å². The Morgan fingerprint density at radius 1 is 1.06 bits per heavy atom. The van der Waals surface area contributed by atoms with E-state index >= 15 is 0 Å². The van der Waals surface area contributed by atoms with Crippen molar-refractivity contribution in [3.63, 3.8) is 0 Å². The maximum absolute atomic E-state index is 12.9. The molecule has 0 fully saturated rings. The summed E-state index contributed by atoms with van der Waals surface area (Å²) >= 11 is 11.0. The fourth-order valence-electron chi connectivity index (χ4n) is 2.45. The molecule has 0 unspecified atom stereocenters. The first-order valence-corrected chi connectivity index (χ1v) is 9.74. The molecular weight excluding hydrogens is 441 g/mol. The van der Waals surface area contributed by atoms with Crippen LogP contribution in [-0.4, -0.2) is 24.4 Å². The van der Waals surface area contributed by atoms with Crippen LogP contribution in [-0.2, 0) is 0 Å². The van der Waals surface area contributed by atoms with Gasteiger partial charge in [0.1, 0.15) is 5.82 Å². The highest BCUT2D eigenvalue weighted by atomic mass is 35.5. The Kier molecular flexibility index (Phi) is 7.53. The molecule has 0 aliphatic rings. The minimum absolute atomic E-state index is 0.239. The molecule has 0 spiro atoms. The van der Waals surface area contributed by atoms with E-state index in [2.05, 4.69) is 15.8 Å². The van der Waals surface area contributed by atoms with Crippen LogP contribution in [0.3, 0.4) is 0 Å². The van der Waals surface area contributed by atoms with Crippen LogP contribution in [0.2, 0.25) is 5.02 Å². The van der Waals surface area contributed by atoms with Gasteiger partial charge in [-0.05, 0) is 84.5 Å². The Morgan fingerprint density at radius 2 is 1.77 bits per heavy atom. The molecule has 3 rings (SSSR count). The maximum Gasteiger partial charge on any atom is 0.343 e. The lowest BCUT2D eigenvalue weighted by atomic mass is 10.2. The lowest BCUT2D eigenvalue weighted by molar-refractivity contribution is 0.0729. The van der Waals surface area contributed by atoms with Crippen LogP contribution in [0.25, 0.3) is 0 Å². The van der Waals surface area contributed by atoms with Crippen molar-refractivity contribution in [1.82, 2.24) is 5.43 Å². The summed E-state index contributed by atoms with van der Waals surface area (Å²) in [5.74, 6) is -0.242. The molecule has 0 bridgehead atoms. The maximum atomic E-state index is 12.9. The van der Waals surface area contributed by atoms with E-state index in [1.165, 1.54) is 25.5 Å². The Morgan fingerprint density at radius 3 is 2.45 bits per heavy atom. The van der Waals surface area contributed by atoms with Crippen molar-refractivity contribution >= 4 is 46.8 Å². The highest BCUT2D eigenvalue weighted by Gasteiger charge is 2.12. The molecule has 0 aliphatic heterocycles. The minimum atomic E-state index is -0.532. The van der Waals surface area contributed by atoms with E-state index in [0.717, 1.165) is 0 Å². The zero-order valence-corrected chi connectivity index (χ0v) is 17.8. The van der Waals surface area contributed by atoms with Crippen LogP contribution in [0, 0.1) is 5.82 Å². The number of ether oxygens (including phenoxy) is 2. The van der Waals surface area contributed by atoms with Gasteiger partial charge in [0.2, 0.25) is 0 Å². The molecule has 6 nitrogen and oxygen atoms in total. The van der Waals surface area contributed by atoms with Crippen molar-refractivity contribution in [2.45, 2.75) is 0 Å². The van der Waals surface area contributed by atoms with Crippen LogP contribution in [0.4, 0.5) is 10.1 Å². The average molecular weight is 458 g/mol. The number of thiocarbonyl (C=S) groups is 1. The first-order valence-electron chi connectivity index (χ1n) is 8.96. The average Bonchev–Trinajstić information content (AvgIpc) is 2.76. The van der Waals surface area contributed by atoms with Crippen molar-refractivity contribution in [3.05, 3.63) is 88.7 Å². The van der Waals surface area contributed by atoms with E-state index in [0.29, 0.717) is 27.6 Å². The summed E-state index contributed by atoms with van der Waals surface area (Å²) in [5, 5.41) is 7.69. The molecule has 31 heavy (non-hydrogen) atoms. The number of esters is 1. The highest BCUT2D eigenvalue weighted by molar-refractivity contribution is 7.80. The van der Waals surface area contributed by atoms with Crippen LogP contribution < -0.4 is 20.2 Å². The van der Waals surface area contributed by atoms with E-state index < -0.39 is 5.97 Å². The number of hydrogen-bond acceptors (Lipinski definition) is 5. The minimum Gasteiger partial charge on any atom is -0.493 e. The third kappa shape index (κ3) is 6.50. The van der Waals surface area contributed by atoms with E-state index in [-0.39, 0.29) is 16.7 Å². The van der Waals surface area contributed by atoms with Crippen LogP contribution in [0.15, 0.2) is 71.8 Å². The Labute approximate surface area is 188 Å². The van der Waals surface area contributed by atoms with Crippen molar-refractivity contribution in [2.75, 3.05) is 12.4 Å². The largest absolute Gasteiger partial charge is 0.493 e. The number of methoxy groups -OCH3 is 1. The van der Waals surface area contributed by atoms with Gasteiger partial charge in [-0.2, -0.15) is 5.10 Å². The van der Waals surface area contributed by atoms with Gasteiger partial charge >= 0.3 is 5.97 Å². The number of rotatable bonds is 6. The van der Waals surface area contributed by atoms with Gasteiger partial charge < -0.3 is 14.8 Å². The summed E-state index contributed by atoms with van der Waals surface area (Å²) in [4.78, 5) is 12.3. The predicted molar refractivity (Wildman–Crippen MR) is 123 cm³/mol. The number of hydrazone groups is 1. The van der Waals surface area contributed by atoms with Crippen molar-refractivity contribution < 1.29 is 18.7 Å². The third-order valence-corrected chi connectivity index (χ3v) is 4.40. The summed E-state index contributed by atoms with van der Waals surface area (Å²) in [7, 11) is 1.47. The first-order chi connectivity index (χ1) is 14.9. The number of nitrogens with zero attached hydrogens (tertiary/aromatic N) is 1. The molecule has 158 valence electrons. The lowest BCUT2D eigenvalue weighted by Gasteiger charge is -2.10. The summed E-state index contributed by atoms with van der Waals surface area (Å²) in [5.41, 5.74) is 4.34. The first kappa shape index (κ1) is 22.2. The molecule has 3 aromatic rings. The highest BCUT2D eigenvalue weighted by Crippen LogP contribution is 2.28. The van der Waals surface area contributed by atoms with Crippen LogP contribution >= 0.6 is 23.8 Å². The quantitative estimate of drug-likeness (QED) is 0.178. The number of carbonyl (C=O) groups is 1. The number of nitrogens with one attached hydrogen (secondary N) is 2. The van der Waals surface area contributed by atoms with Gasteiger partial charge in [-0.3, -0.25) is 5.43 Å². The molecule has 0 aromatic heterocycles. The number of anilines is 1. The summed E-state index contributed by atoms with van der Waals surface area (Å²) < 4.78 is 23.7. The number of benzene rings is 3. The smallest absolute Gasteiger partial charge is 0.343 e. The molecule has 0 aliphatic carbocycles. The van der Waals surface area contributed by atoms with Gasteiger partial charge in [0, 0.05) is 10.7 Å². The normalized spacial score (nSPS) is 10.5. The zero-order valence-electron chi connectivity index (χ0n) is 16.3. The molecule has 0 atom stereocenters. The second-order valence-electron chi connectivity index (χ2n) is 6.14. The van der Waals surface area contributed by atoms with E-state index in [9.17, 15) is 9.18 Å². The summed E-state index contributed by atoms with van der Waals surface area (Å²) in [6, 6.07) is 17.1. The molecule has 0 saturated carbocycles. The Hall–Kier alpha value is -3.49. The molecule has 2 N–H and O–H groups in total. The van der Waals surface area contributed by atoms with E-state index in [1.54, 1.807) is 54.6 Å². The second-order valence-corrected chi connectivity index (χ2v) is 6.98. The Balaban J connectivity index is 1.61. The van der Waals surface area contributed by atoms with Crippen molar-refractivity contribution in [1.29, 1.82) is 0 Å². The molecule has 0 amide bonds. The topological polar surface area (TPSA) is 71.9 Å². The second kappa shape index (κ2) is 10.5. The number of hydrogen-bond donors (Lipinski definition) is 2. The molecular formula is C22H17ClFN3O3S. The van der Waals surface area contributed by atoms with E-state index in [1.807, 2.05) is 0 Å². The summed E-state index contributed by atoms with van der Waals surface area (Å²) in [6.45, 7) is 0. The monoisotopic (exact) mass is 457 g/mol. The van der Waals surface area contributed by atoms with Gasteiger partial charge in [-0.25, -0.2) is 9.18 Å². The van der Waals surface area contributed by atoms with E-state index in [4.69, 9.17) is 33.3 Å². The Bertz CT molecular complexity index is 1110. The fraction of sp³-hybridized carbons (Fsp3) is 0.0455. The summed E-state index contributed by atoms with van der Waals surface area (Å²) in [6.07, 6.45) is 1.52. The molecule has 9 heteroatoms. The van der Waals surface area contributed by atoms with Crippen LogP contribution in [0.1, 0.15) is 15.9 Å². The fourth-order valence-corrected chi connectivity index (χ4v) is 2.75. The third-order valence-electron chi connectivity index (χ3n) is 3.95. The van der Waals surface area contributed by atoms with Gasteiger partial charge in [0.15, 0.2) is 16.6 Å². The SMILES string of the molecule is COc1cc(/C=N\NC(=S)Nc2ccc(F)cc2)ccc1OC(=O)c1ccc(Cl)cc1.